The summed E-state index contributed by atoms with van der Waals surface area (Å²) in [6.07, 6.45) is 98.0. The zero-order valence-corrected chi connectivity index (χ0v) is 82.4. The summed E-state index contributed by atoms with van der Waals surface area (Å²) in [6.45, 7) is 0.681. The number of para-hydroxylation sites is 2. The zero-order chi connectivity index (χ0) is 97.4. The largest absolute Gasteiger partial charge is 0.517 e. The lowest BCUT2D eigenvalue weighted by Crippen LogP contribution is -2.73. The first-order valence-corrected chi connectivity index (χ1v) is 52.8. The van der Waals surface area contributed by atoms with Gasteiger partial charge in [0.25, 0.3) is 0 Å². The third-order valence-electron chi connectivity index (χ3n) is 30.3. The highest BCUT2D eigenvalue weighted by Gasteiger charge is 2.57. The molecule has 20 aliphatic rings. The fourth-order valence-corrected chi connectivity index (χ4v) is 26.8. The van der Waals surface area contributed by atoms with Gasteiger partial charge in [0.1, 0.15) is 21.5 Å². The minimum Gasteiger partial charge on any atom is -0.455 e. The van der Waals surface area contributed by atoms with Crippen molar-refractivity contribution in [2.24, 2.45) is 10.0 Å². The topological polar surface area (TPSA) is 154 Å². The fraction of sp³-hybridized carbons (Fsp3) is 0. The normalized spacial score (nSPS) is 19.4. The van der Waals surface area contributed by atoms with E-state index in [9.17, 15) is 0 Å². The lowest BCUT2D eigenvalue weighted by atomic mass is 9.41. The number of fused-ring (bicyclic) bond motifs is 44. The lowest BCUT2D eigenvalue weighted by Gasteiger charge is -2.53. The maximum Gasteiger partial charge on any atom is 0.517 e. The van der Waals surface area contributed by atoms with E-state index in [4.69, 9.17) is 34.4 Å². The van der Waals surface area contributed by atoms with Gasteiger partial charge in [-0.05, 0) is 237 Å². The molecule has 0 spiro atoms. The Labute approximate surface area is 875 Å². The molecule has 32 rings (SSSR count). The van der Waals surface area contributed by atoms with Gasteiger partial charge in [0.15, 0.2) is 5.82 Å². The molecule has 0 saturated carbocycles. The van der Waals surface area contributed by atoms with Gasteiger partial charge in [-0.3, -0.25) is 4.98 Å². The highest BCUT2D eigenvalue weighted by atomic mass is 32.1. The van der Waals surface area contributed by atoms with Crippen LogP contribution in [0.1, 0.15) is 22.6 Å². The summed E-state index contributed by atoms with van der Waals surface area (Å²) in [4.78, 5) is 32.4. The van der Waals surface area contributed by atoms with Crippen molar-refractivity contribution in [2.45, 2.75) is 0 Å². The SMILES string of the molecule is C1=CB2N(C=C1)B1C=CC=CN1B1C=C(c3cccc4c3sc3cccnc34)C=CN1B1C=CC=CN21.C1=CB2N(C=C1)B1C=CC=CN1B1C=C(c3cnc4sc5ccccc5c4n3)C=CN1B1C=CC=CN21.C1=CB2N(C=C1)B1C=CC=CN1B1C=C(c3ncc4sc5ccccc5c4n3)C=CN1B1C=CC=CN21.C1=CB2N3C=CC(c4cccc5c4oc4ccccc45)=CB3N3C=CC=NB3N3N=CC=CB3N2C=C1. The quantitative estimate of drug-likeness (QED) is 0.153. The van der Waals surface area contributed by atoms with Crippen molar-refractivity contribution in [3.05, 3.63) is 503 Å². The Morgan fingerprint density at radius 1 is 0.257 bits per heavy atom. The van der Waals surface area contributed by atoms with Gasteiger partial charge < -0.3 is 85.0 Å². The lowest BCUT2D eigenvalue weighted by molar-refractivity contribution is 0.560. The Hall–Kier alpha value is -16.8. The number of hydrogen-bond acceptors (Lipinski definition) is 27. The van der Waals surface area contributed by atoms with Crippen LogP contribution < -0.4 is 0 Å². The number of aromatic nitrogens is 5. The maximum atomic E-state index is 6.38. The van der Waals surface area contributed by atoms with E-state index in [0.717, 1.165) is 81.8 Å². The fourth-order valence-electron chi connectivity index (χ4n) is 23.6. The number of rotatable bonds is 4. The molecule has 24 nitrogen and oxygen atoms in total. The number of nitrogens with zero attached hydrogens (tertiary/aromatic N) is 23. The highest BCUT2D eigenvalue weighted by Crippen LogP contribution is 2.45. The Bertz CT molecular complexity index is 8010. The van der Waals surface area contributed by atoms with E-state index in [0.29, 0.717) is 0 Å². The van der Waals surface area contributed by atoms with Gasteiger partial charge in [0.2, 0.25) is 0 Å². The monoisotopic (exact) mass is 1950 g/mol. The van der Waals surface area contributed by atoms with Crippen molar-refractivity contribution in [2.75, 3.05) is 0 Å². The second-order valence-corrected chi connectivity index (χ2v) is 41.5. The van der Waals surface area contributed by atoms with Gasteiger partial charge in [-0.2, -0.15) is 0 Å². The standard InChI is InChI=1S/C27H21B4N5S.C26H20B4N6O.2C26H20B4N6S/c1-4-17-33-28(13-1)34-18-5-2-15-30(34)36-20-12-22(21-31(36)35-19-6-3-14-29(33)35)23-9-7-10-24-26-25(37-27(23)24)11-8-16-32-26;1-2-11-25-23(8-1)24-10-5-9-22(26(24)37-25)21-12-19-34-27-13-3-4-17-33(27)28-14-6-16-32-36(28)30-31-15-7-18-35(30)29(34)20-21;1-2-10-24-22(9-1)25-26(37-24)31-20-23(32-25)21-11-18-36-29-14-4-7-16-34(29)27-12-3-6-15-33(27)28-13-5-8-17-35(28)30(36)19-21;1-2-10-23-22(9-1)25-24(37-23)20-31-26(32-25)21-11-18-36-29-14-4-7-16-34(29)27-12-3-6-15-33(27)28-13-5-8-17-35(28)30(36)19-21/h1-21H;3*1-20H. The molecule has 7 aromatic heterocycles. The van der Waals surface area contributed by atoms with Gasteiger partial charge in [-0.25, -0.2) is 25.0 Å². The predicted molar refractivity (Wildman–Crippen MR) is 629 cm³/mol. The van der Waals surface area contributed by atoms with E-state index in [1.807, 2.05) is 72.7 Å². The van der Waals surface area contributed by atoms with Crippen molar-refractivity contribution in [1.29, 1.82) is 0 Å². The Morgan fingerprint density at radius 3 is 1.20 bits per heavy atom. The average molecular weight is 1950 g/mol. The van der Waals surface area contributed by atoms with Crippen LogP contribution in [-0.4, -0.2) is 225 Å². The van der Waals surface area contributed by atoms with Crippen LogP contribution in [0.2, 0.25) is 0 Å². The van der Waals surface area contributed by atoms with Gasteiger partial charge >= 0.3 is 112 Å². The summed E-state index contributed by atoms with van der Waals surface area (Å²) in [7, 11) is -0.282. The second kappa shape index (κ2) is 36.8. The minimum atomic E-state index is -0.282. The molecule has 20 aliphatic heterocycles. The third kappa shape index (κ3) is 14.9. The van der Waals surface area contributed by atoms with Crippen LogP contribution in [0, 0.1) is 0 Å². The Kier molecular flexibility index (Phi) is 21.8. The summed E-state index contributed by atoms with van der Waals surface area (Å²) in [5, 5.41) is 10.6. The molecule has 4 saturated heterocycles. The molecule has 0 atom stereocenters. The predicted octanol–water partition coefficient (Wildman–Crippen LogP) is 17.6. The zero-order valence-electron chi connectivity index (χ0n) is 79.9. The van der Waals surface area contributed by atoms with Crippen molar-refractivity contribution in [3.8, 4) is 0 Å². The van der Waals surface area contributed by atoms with E-state index in [2.05, 4.69) is 512 Å². The molecule has 0 bridgehead atoms. The summed E-state index contributed by atoms with van der Waals surface area (Å²) >= 11 is 5.27. The van der Waals surface area contributed by atoms with Gasteiger partial charge in [-0.1, -0.05) is 247 Å². The number of pyridine rings is 1. The summed E-state index contributed by atoms with van der Waals surface area (Å²) < 4.78 is 48.6. The molecule has 0 radical (unpaired) electrons. The first kappa shape index (κ1) is 87.8. The molecule has 148 heavy (non-hydrogen) atoms. The molecule has 0 N–H and O–H groups in total. The minimum absolute atomic E-state index is 0.00757. The van der Waals surface area contributed by atoms with E-state index >= 15 is 0 Å². The van der Waals surface area contributed by atoms with Crippen LogP contribution in [-0.2, 0) is 0 Å². The highest BCUT2D eigenvalue weighted by molar-refractivity contribution is 7.26. The summed E-state index contributed by atoms with van der Waals surface area (Å²) in [5.74, 6) is 35.0. The number of thiophene rings is 3. The Morgan fingerprint density at radius 2 is 0.662 bits per heavy atom. The molecular weight excluding hydrogens is 1870 g/mol. The van der Waals surface area contributed by atoms with Crippen molar-refractivity contribution < 1.29 is 4.42 Å². The van der Waals surface area contributed by atoms with E-state index < -0.39 is 0 Å². The number of furan rings is 1. The van der Waals surface area contributed by atoms with E-state index in [-0.39, 0.29) is 112 Å². The molecule has 43 heteroatoms. The Balaban J connectivity index is 0.0000000930. The average Bonchev–Trinajstić information content (AvgIpc) is 0.828. The van der Waals surface area contributed by atoms with E-state index in [1.54, 1.807) is 22.7 Å². The molecular formula is C105H81B16N23OS3. The van der Waals surface area contributed by atoms with Gasteiger partial charge in [0, 0.05) is 77.0 Å². The third-order valence-corrected chi connectivity index (χ3v) is 33.7. The number of hydrogen-bond donors (Lipinski definition) is 0. The van der Waals surface area contributed by atoms with Crippen molar-refractivity contribution in [1.82, 2.24) is 101 Å². The maximum absolute atomic E-state index is 6.38. The van der Waals surface area contributed by atoms with Gasteiger partial charge in [-0.15, -0.1) is 34.0 Å². The smallest absolute Gasteiger partial charge is 0.455 e. The van der Waals surface area contributed by atoms with Crippen LogP contribution in [0.3, 0.4) is 0 Å². The second-order valence-electron chi connectivity index (χ2n) is 38.4. The first-order valence-electron chi connectivity index (χ1n) is 50.3. The van der Waals surface area contributed by atoms with Crippen molar-refractivity contribution >= 4 is 264 Å². The molecule has 0 aliphatic carbocycles. The summed E-state index contributed by atoms with van der Waals surface area (Å²) in [5.41, 5.74) is 12.6. The van der Waals surface area contributed by atoms with Gasteiger partial charge in [0.05, 0.1) is 32.3 Å². The van der Waals surface area contributed by atoms with E-state index in [1.165, 1.54) is 46.1 Å². The summed E-state index contributed by atoms with van der Waals surface area (Å²) in [6, 6.07) is 42.3. The van der Waals surface area contributed by atoms with Crippen LogP contribution in [0.4, 0.5) is 0 Å². The van der Waals surface area contributed by atoms with Crippen LogP contribution in [0.25, 0.3) is 105 Å². The molecule has 5 aromatic carbocycles. The molecule has 4 fully saturated rings. The molecule has 27 heterocycles. The number of hydrazone groups is 1. The number of benzene rings is 5. The molecule has 688 valence electrons. The van der Waals surface area contributed by atoms with Crippen LogP contribution in [0.5, 0.6) is 0 Å². The molecule has 0 unspecified atom stereocenters. The number of allylic oxidation sites excluding steroid dienone is 30. The first-order chi connectivity index (χ1) is 73.4. The van der Waals surface area contributed by atoms with Crippen LogP contribution >= 0.6 is 34.0 Å². The van der Waals surface area contributed by atoms with Crippen LogP contribution in [0.15, 0.2) is 495 Å². The molecule has 12 aromatic rings. The molecule has 0 amide bonds. The van der Waals surface area contributed by atoms with Crippen molar-refractivity contribution in [3.63, 3.8) is 0 Å².